The Balaban J connectivity index is 2.39. The van der Waals surface area contributed by atoms with Gasteiger partial charge in [-0.2, -0.15) is 0 Å². The van der Waals surface area contributed by atoms with Crippen LogP contribution < -0.4 is 11.4 Å². The highest BCUT2D eigenvalue weighted by Crippen LogP contribution is 2.11. The van der Waals surface area contributed by atoms with Crippen LogP contribution in [0, 0.1) is 0 Å². The lowest BCUT2D eigenvalue weighted by Crippen LogP contribution is -2.36. The van der Waals surface area contributed by atoms with Gasteiger partial charge in [-0.15, -0.1) is 0 Å². The molecule has 0 saturated heterocycles. The SMILES string of the molecule is O=C(O)[C@H](Cc1ccccc1)n1c(=O)[nH][nH]c1=O. The molecular weight excluding hydrogens is 238 g/mol. The maximum absolute atomic E-state index is 11.4. The molecule has 0 unspecified atom stereocenters. The van der Waals surface area contributed by atoms with E-state index in [1.807, 2.05) is 0 Å². The number of aromatic amines is 2. The minimum Gasteiger partial charge on any atom is -0.480 e. The van der Waals surface area contributed by atoms with Gasteiger partial charge < -0.3 is 5.11 Å². The molecule has 3 N–H and O–H groups in total. The summed E-state index contributed by atoms with van der Waals surface area (Å²) in [5, 5.41) is 13.3. The quantitative estimate of drug-likeness (QED) is 0.693. The Kier molecular flexibility index (Phi) is 3.13. The van der Waals surface area contributed by atoms with Crippen LogP contribution in [-0.2, 0) is 11.2 Å². The van der Waals surface area contributed by atoms with E-state index in [9.17, 15) is 14.4 Å². The van der Waals surface area contributed by atoms with Gasteiger partial charge in [0.1, 0.15) is 6.04 Å². The number of carboxylic acid groups (broad SMARTS) is 1. The number of H-pyrrole nitrogens is 2. The summed E-state index contributed by atoms with van der Waals surface area (Å²) in [6, 6.07) is 7.57. The number of carboxylic acids is 1. The van der Waals surface area contributed by atoms with Crippen molar-refractivity contribution in [2.45, 2.75) is 12.5 Å². The molecule has 0 amide bonds. The molecule has 1 aromatic carbocycles. The predicted molar refractivity (Wildman–Crippen MR) is 62.5 cm³/mol. The summed E-state index contributed by atoms with van der Waals surface area (Å²) in [6.07, 6.45) is 0.0665. The van der Waals surface area contributed by atoms with Crippen LogP contribution in [0.2, 0.25) is 0 Å². The van der Waals surface area contributed by atoms with Gasteiger partial charge in [-0.25, -0.2) is 29.1 Å². The van der Waals surface area contributed by atoms with E-state index in [4.69, 9.17) is 5.11 Å². The van der Waals surface area contributed by atoms with Gasteiger partial charge in [-0.05, 0) is 5.56 Å². The smallest absolute Gasteiger partial charge is 0.345 e. The molecule has 1 atom stereocenters. The van der Waals surface area contributed by atoms with E-state index in [2.05, 4.69) is 10.2 Å². The molecule has 0 bridgehead atoms. The third-order valence-corrected chi connectivity index (χ3v) is 2.58. The average molecular weight is 249 g/mol. The van der Waals surface area contributed by atoms with Crippen molar-refractivity contribution in [3.63, 3.8) is 0 Å². The summed E-state index contributed by atoms with van der Waals surface area (Å²) in [5.41, 5.74) is -0.788. The van der Waals surface area contributed by atoms with Crippen LogP contribution in [0.1, 0.15) is 11.6 Å². The zero-order valence-electron chi connectivity index (χ0n) is 9.29. The first-order valence-corrected chi connectivity index (χ1v) is 5.25. The fourth-order valence-electron chi connectivity index (χ4n) is 1.73. The Morgan fingerprint density at radius 1 is 1.17 bits per heavy atom. The van der Waals surface area contributed by atoms with Gasteiger partial charge in [0.25, 0.3) is 0 Å². The number of hydrogen-bond donors (Lipinski definition) is 3. The highest BCUT2D eigenvalue weighted by molar-refractivity contribution is 5.72. The van der Waals surface area contributed by atoms with Crippen molar-refractivity contribution in [3.05, 3.63) is 56.9 Å². The second kappa shape index (κ2) is 4.74. The lowest BCUT2D eigenvalue weighted by atomic mass is 10.1. The van der Waals surface area contributed by atoms with E-state index < -0.39 is 23.4 Å². The fourth-order valence-corrected chi connectivity index (χ4v) is 1.73. The molecular formula is C11H11N3O4. The van der Waals surface area contributed by atoms with E-state index in [0.29, 0.717) is 4.57 Å². The standard InChI is InChI=1S/C11H11N3O4/c15-9(16)8(6-7-4-2-1-3-5-7)14-10(17)12-13-11(14)18/h1-5,8H,6H2,(H,12,17)(H,13,18)(H,15,16)/t8-/m0/s1. The summed E-state index contributed by atoms with van der Waals surface area (Å²) in [7, 11) is 0. The van der Waals surface area contributed by atoms with Crippen LogP contribution in [0.25, 0.3) is 0 Å². The molecule has 0 fully saturated rings. The molecule has 0 aliphatic rings. The van der Waals surface area contributed by atoms with Gasteiger partial charge in [-0.1, -0.05) is 30.3 Å². The van der Waals surface area contributed by atoms with Crippen LogP contribution in [0.3, 0.4) is 0 Å². The second-order valence-corrected chi connectivity index (χ2v) is 3.77. The number of hydrogen-bond acceptors (Lipinski definition) is 3. The minimum atomic E-state index is -1.23. The molecule has 0 spiro atoms. The van der Waals surface area contributed by atoms with E-state index >= 15 is 0 Å². The average Bonchev–Trinajstić information content (AvgIpc) is 2.67. The molecule has 2 rings (SSSR count). The van der Waals surface area contributed by atoms with Crippen LogP contribution in [0.4, 0.5) is 0 Å². The maximum atomic E-state index is 11.4. The van der Waals surface area contributed by atoms with Gasteiger partial charge in [0.05, 0.1) is 0 Å². The Morgan fingerprint density at radius 3 is 2.22 bits per heavy atom. The van der Waals surface area contributed by atoms with E-state index in [1.54, 1.807) is 30.3 Å². The number of aromatic nitrogens is 3. The molecule has 0 aliphatic carbocycles. The Bertz CT molecular complexity index is 625. The normalized spacial score (nSPS) is 12.2. The Hall–Kier alpha value is -2.57. The number of rotatable bonds is 4. The summed E-state index contributed by atoms with van der Waals surface area (Å²) in [4.78, 5) is 34.0. The van der Waals surface area contributed by atoms with Crippen molar-refractivity contribution in [2.75, 3.05) is 0 Å². The van der Waals surface area contributed by atoms with Gasteiger partial charge in [0, 0.05) is 6.42 Å². The third-order valence-electron chi connectivity index (χ3n) is 2.58. The number of aliphatic carboxylic acids is 1. The fraction of sp³-hybridized carbons (Fsp3) is 0.182. The molecule has 7 nitrogen and oxygen atoms in total. The first kappa shape index (κ1) is 11.9. The molecule has 94 valence electrons. The number of benzene rings is 1. The number of nitrogens with zero attached hydrogens (tertiary/aromatic N) is 1. The van der Waals surface area contributed by atoms with Crippen LogP contribution >= 0.6 is 0 Å². The summed E-state index contributed by atoms with van der Waals surface area (Å²) in [5.74, 6) is -1.23. The van der Waals surface area contributed by atoms with Crippen molar-refractivity contribution in [1.82, 2.24) is 14.8 Å². The Morgan fingerprint density at radius 2 is 1.72 bits per heavy atom. The number of nitrogens with one attached hydrogen (secondary N) is 2. The maximum Gasteiger partial charge on any atom is 0.345 e. The molecule has 1 heterocycles. The largest absolute Gasteiger partial charge is 0.480 e. The highest BCUT2D eigenvalue weighted by atomic mass is 16.4. The van der Waals surface area contributed by atoms with Gasteiger partial charge >= 0.3 is 17.3 Å². The molecule has 1 aromatic heterocycles. The Labute approximate surface area is 101 Å². The van der Waals surface area contributed by atoms with Crippen molar-refractivity contribution in [2.24, 2.45) is 0 Å². The second-order valence-electron chi connectivity index (χ2n) is 3.77. The molecule has 0 aliphatic heterocycles. The molecule has 18 heavy (non-hydrogen) atoms. The molecule has 0 radical (unpaired) electrons. The third kappa shape index (κ3) is 2.24. The van der Waals surface area contributed by atoms with E-state index in [0.717, 1.165) is 5.56 Å². The van der Waals surface area contributed by atoms with Crippen molar-refractivity contribution < 1.29 is 9.90 Å². The summed E-state index contributed by atoms with van der Waals surface area (Å²) in [6.45, 7) is 0. The lowest BCUT2D eigenvalue weighted by Gasteiger charge is -2.11. The summed E-state index contributed by atoms with van der Waals surface area (Å²) >= 11 is 0. The zero-order chi connectivity index (χ0) is 13.1. The first-order valence-electron chi connectivity index (χ1n) is 5.25. The van der Waals surface area contributed by atoms with Gasteiger partial charge in [-0.3, -0.25) is 0 Å². The monoisotopic (exact) mass is 249 g/mol. The summed E-state index contributed by atoms with van der Waals surface area (Å²) < 4.78 is 0.662. The first-order chi connectivity index (χ1) is 8.59. The van der Waals surface area contributed by atoms with Gasteiger partial charge in [0.2, 0.25) is 0 Å². The predicted octanol–water partition coefficient (Wildman–Crippen LogP) is -0.267. The topological polar surface area (TPSA) is 108 Å². The number of carbonyl (C=O) groups is 1. The van der Waals surface area contributed by atoms with Crippen molar-refractivity contribution in [1.29, 1.82) is 0 Å². The van der Waals surface area contributed by atoms with Crippen LogP contribution in [0.5, 0.6) is 0 Å². The highest BCUT2D eigenvalue weighted by Gasteiger charge is 2.24. The van der Waals surface area contributed by atoms with Crippen molar-refractivity contribution >= 4 is 5.97 Å². The van der Waals surface area contributed by atoms with E-state index in [-0.39, 0.29) is 6.42 Å². The minimum absolute atomic E-state index is 0.0665. The van der Waals surface area contributed by atoms with E-state index in [1.165, 1.54) is 0 Å². The zero-order valence-corrected chi connectivity index (χ0v) is 9.29. The van der Waals surface area contributed by atoms with Crippen LogP contribution in [-0.4, -0.2) is 25.8 Å². The molecule has 0 saturated carbocycles. The van der Waals surface area contributed by atoms with Crippen molar-refractivity contribution in [3.8, 4) is 0 Å². The molecule has 2 aromatic rings. The van der Waals surface area contributed by atoms with Crippen LogP contribution in [0.15, 0.2) is 39.9 Å². The van der Waals surface area contributed by atoms with Gasteiger partial charge in [0.15, 0.2) is 0 Å². The lowest BCUT2D eigenvalue weighted by molar-refractivity contribution is -0.141. The molecule has 7 heteroatoms.